The Labute approximate surface area is 219 Å². The van der Waals surface area contributed by atoms with Gasteiger partial charge in [0, 0.05) is 24.6 Å². The van der Waals surface area contributed by atoms with Crippen LogP contribution in [0.1, 0.15) is 67.5 Å². The van der Waals surface area contributed by atoms with Crippen LogP contribution in [-0.4, -0.2) is 53.2 Å². The van der Waals surface area contributed by atoms with E-state index in [2.05, 4.69) is 25.9 Å². The Morgan fingerprint density at radius 1 is 1.00 bits per heavy atom. The number of nitrogens with one attached hydrogen (secondary N) is 4. The normalized spacial score (nSPS) is 23.9. The van der Waals surface area contributed by atoms with Crippen LogP contribution in [0.4, 0.5) is 5.82 Å². The van der Waals surface area contributed by atoms with Crippen molar-refractivity contribution in [2.24, 2.45) is 5.73 Å². The number of hydrogen-bond acceptors (Lipinski definition) is 6. The van der Waals surface area contributed by atoms with Crippen LogP contribution in [0.3, 0.4) is 0 Å². The van der Waals surface area contributed by atoms with Crippen LogP contribution in [0, 0.1) is 12.3 Å². The van der Waals surface area contributed by atoms with E-state index in [1.807, 2.05) is 25.1 Å². The van der Waals surface area contributed by atoms with Gasteiger partial charge in [0.1, 0.15) is 5.82 Å². The number of aromatic nitrogens is 2. The van der Waals surface area contributed by atoms with Gasteiger partial charge in [0.15, 0.2) is 5.96 Å². The first kappa shape index (κ1) is 28.9. The standard InChI is InChI=1S/C24H35N7O2.2ClH/c1-14-11-12-16-15(13-14)21(28-17-7-3-4-8-18(17)30-24(25)26)31-22(27-16)23(32)29-19-9-5-6-10-20(19)33-2;;/h11-13,17-20H,3-10H2,1-2H3,(H,29,32)(H4,25,26,30)(H,27,28,31);2*1H/t17-,18+,19+,20+;;/m0../s1. The van der Waals surface area contributed by atoms with E-state index >= 15 is 0 Å². The fourth-order valence-corrected chi connectivity index (χ4v) is 5.08. The fourth-order valence-electron chi connectivity index (χ4n) is 5.08. The van der Waals surface area contributed by atoms with Gasteiger partial charge < -0.3 is 26.4 Å². The molecule has 4 rings (SSSR count). The molecule has 11 heteroatoms. The molecule has 2 fully saturated rings. The van der Waals surface area contributed by atoms with Crippen LogP contribution >= 0.6 is 24.8 Å². The maximum absolute atomic E-state index is 13.2. The monoisotopic (exact) mass is 525 g/mol. The largest absolute Gasteiger partial charge is 0.379 e. The Kier molecular flexibility index (Phi) is 10.8. The molecule has 0 unspecified atom stereocenters. The van der Waals surface area contributed by atoms with Crippen molar-refractivity contribution in [2.45, 2.75) is 82.5 Å². The summed E-state index contributed by atoms with van der Waals surface area (Å²) in [5.41, 5.74) is 7.44. The average Bonchev–Trinajstić information content (AvgIpc) is 2.80. The summed E-state index contributed by atoms with van der Waals surface area (Å²) in [5, 5.41) is 18.3. The minimum Gasteiger partial charge on any atom is -0.379 e. The second-order valence-corrected chi connectivity index (χ2v) is 9.25. The lowest BCUT2D eigenvalue weighted by molar-refractivity contribution is 0.0390. The van der Waals surface area contributed by atoms with Crippen LogP contribution < -0.4 is 21.7 Å². The lowest BCUT2D eigenvalue weighted by Crippen LogP contribution is -2.50. The molecule has 2 aliphatic carbocycles. The lowest BCUT2D eigenvalue weighted by atomic mass is 9.90. The van der Waals surface area contributed by atoms with Crippen LogP contribution in [-0.2, 0) is 4.74 Å². The number of aryl methyl sites for hydroxylation is 1. The highest BCUT2D eigenvalue weighted by Crippen LogP contribution is 2.27. The van der Waals surface area contributed by atoms with Crippen molar-refractivity contribution in [2.75, 3.05) is 12.4 Å². The van der Waals surface area contributed by atoms with E-state index in [1.54, 1.807) is 7.11 Å². The minimum absolute atomic E-state index is 0. The number of carbonyl (C=O) groups excluding carboxylic acids is 1. The summed E-state index contributed by atoms with van der Waals surface area (Å²) in [6.45, 7) is 2.03. The van der Waals surface area contributed by atoms with E-state index in [1.165, 1.54) is 0 Å². The lowest BCUT2D eigenvalue weighted by Gasteiger charge is -2.33. The summed E-state index contributed by atoms with van der Waals surface area (Å²) in [6, 6.07) is 6.01. The van der Waals surface area contributed by atoms with Gasteiger partial charge in [0.25, 0.3) is 5.91 Å². The Morgan fingerprint density at radius 2 is 1.66 bits per heavy atom. The molecule has 1 amide bonds. The van der Waals surface area contributed by atoms with Gasteiger partial charge in [0.05, 0.1) is 17.7 Å². The first-order valence-electron chi connectivity index (χ1n) is 11.9. The van der Waals surface area contributed by atoms with Gasteiger partial charge in [-0.25, -0.2) is 9.97 Å². The zero-order chi connectivity index (χ0) is 23.4. The summed E-state index contributed by atoms with van der Waals surface area (Å²) in [4.78, 5) is 22.4. The van der Waals surface area contributed by atoms with Gasteiger partial charge in [-0.15, -0.1) is 24.8 Å². The molecule has 1 aromatic heterocycles. The van der Waals surface area contributed by atoms with E-state index < -0.39 is 0 Å². The number of nitrogens with two attached hydrogens (primary N) is 1. The van der Waals surface area contributed by atoms with Gasteiger partial charge in [-0.3, -0.25) is 10.2 Å². The Balaban J connectivity index is 0.00000216. The maximum Gasteiger partial charge on any atom is 0.289 e. The van der Waals surface area contributed by atoms with Crippen molar-refractivity contribution < 1.29 is 9.53 Å². The number of guanidine groups is 1. The molecule has 2 aromatic rings. The molecule has 35 heavy (non-hydrogen) atoms. The zero-order valence-corrected chi connectivity index (χ0v) is 21.9. The van der Waals surface area contributed by atoms with Crippen molar-refractivity contribution >= 4 is 53.4 Å². The van der Waals surface area contributed by atoms with Crippen molar-refractivity contribution in [1.29, 1.82) is 5.41 Å². The number of anilines is 1. The summed E-state index contributed by atoms with van der Waals surface area (Å²) in [7, 11) is 1.70. The van der Waals surface area contributed by atoms with E-state index in [9.17, 15) is 4.79 Å². The smallest absolute Gasteiger partial charge is 0.289 e. The molecule has 2 aliphatic rings. The molecular formula is C24H37Cl2N7O2. The number of nitrogens with zero attached hydrogens (tertiary/aromatic N) is 2. The Hall–Kier alpha value is -2.36. The summed E-state index contributed by atoms with van der Waals surface area (Å²) in [6.07, 6.45) is 8.06. The van der Waals surface area contributed by atoms with Crippen molar-refractivity contribution in [3.05, 3.63) is 29.6 Å². The molecular weight excluding hydrogens is 489 g/mol. The van der Waals surface area contributed by atoms with E-state index in [4.69, 9.17) is 15.9 Å². The van der Waals surface area contributed by atoms with Crippen LogP contribution in [0.15, 0.2) is 18.2 Å². The SMILES string of the molecule is CO[C@@H]1CCCC[C@H]1NC(=O)c1nc(N[C@H]2CCCC[C@H]2NC(=N)N)c2cc(C)ccc2n1.Cl.Cl. The molecule has 0 saturated heterocycles. The molecule has 0 spiro atoms. The van der Waals surface area contributed by atoms with Gasteiger partial charge in [-0.05, 0) is 44.7 Å². The summed E-state index contributed by atoms with van der Waals surface area (Å²) in [5.74, 6) is 0.484. The number of ether oxygens (including phenoxy) is 1. The predicted octanol–water partition coefficient (Wildman–Crippen LogP) is 3.68. The van der Waals surface area contributed by atoms with Gasteiger partial charge in [-0.2, -0.15) is 0 Å². The minimum atomic E-state index is -0.281. The second-order valence-electron chi connectivity index (χ2n) is 9.25. The Bertz CT molecular complexity index is 1020. The number of benzene rings is 1. The summed E-state index contributed by atoms with van der Waals surface area (Å²) < 4.78 is 5.59. The third kappa shape index (κ3) is 7.08. The highest BCUT2D eigenvalue weighted by atomic mass is 35.5. The number of halogens is 2. The van der Waals surface area contributed by atoms with Crippen LogP contribution in [0.5, 0.6) is 0 Å². The number of fused-ring (bicyclic) bond motifs is 1. The molecule has 0 aliphatic heterocycles. The van der Waals surface area contributed by atoms with Crippen molar-refractivity contribution in [3.8, 4) is 0 Å². The second kappa shape index (κ2) is 13.1. The third-order valence-electron chi connectivity index (χ3n) is 6.81. The predicted molar refractivity (Wildman–Crippen MR) is 144 cm³/mol. The van der Waals surface area contributed by atoms with Crippen molar-refractivity contribution in [3.63, 3.8) is 0 Å². The zero-order valence-electron chi connectivity index (χ0n) is 20.3. The molecule has 4 atom stereocenters. The highest BCUT2D eigenvalue weighted by molar-refractivity contribution is 5.97. The number of amides is 1. The first-order chi connectivity index (χ1) is 15.9. The summed E-state index contributed by atoms with van der Waals surface area (Å²) >= 11 is 0. The Morgan fingerprint density at radius 3 is 2.34 bits per heavy atom. The van der Waals surface area contributed by atoms with Gasteiger partial charge in [-0.1, -0.05) is 37.3 Å². The number of rotatable bonds is 6. The van der Waals surface area contributed by atoms with Gasteiger partial charge >= 0.3 is 0 Å². The van der Waals surface area contributed by atoms with Crippen LogP contribution in [0.25, 0.3) is 10.9 Å². The first-order valence-corrected chi connectivity index (χ1v) is 11.9. The number of carbonyl (C=O) groups is 1. The molecule has 9 nitrogen and oxygen atoms in total. The fraction of sp³-hybridized carbons (Fsp3) is 0.583. The van der Waals surface area contributed by atoms with Crippen molar-refractivity contribution in [1.82, 2.24) is 20.6 Å². The third-order valence-corrected chi connectivity index (χ3v) is 6.81. The molecule has 0 bridgehead atoms. The van der Waals surface area contributed by atoms with Gasteiger partial charge in [0.2, 0.25) is 5.82 Å². The van der Waals surface area contributed by atoms with E-state index in [0.29, 0.717) is 5.82 Å². The molecule has 2 saturated carbocycles. The maximum atomic E-state index is 13.2. The highest BCUT2D eigenvalue weighted by Gasteiger charge is 2.29. The van der Waals surface area contributed by atoms with Crippen LogP contribution in [0.2, 0.25) is 0 Å². The molecule has 0 radical (unpaired) electrons. The van der Waals surface area contributed by atoms with E-state index in [0.717, 1.165) is 67.8 Å². The number of methoxy groups -OCH3 is 1. The quantitative estimate of drug-likeness (QED) is 0.286. The average molecular weight is 527 g/mol. The number of hydrogen-bond donors (Lipinski definition) is 5. The molecule has 1 aromatic carbocycles. The topological polar surface area (TPSA) is 138 Å². The van der Waals surface area contributed by atoms with E-state index in [-0.39, 0.29) is 66.7 Å². The molecule has 1 heterocycles. The molecule has 194 valence electrons. The molecule has 6 N–H and O–H groups in total.